The Kier molecular flexibility index (Phi) is 4.70. The molecule has 3 nitrogen and oxygen atoms in total. The topological polar surface area (TPSA) is 31.2 Å². The number of hydrogen-bond donors (Lipinski definition) is 0. The number of esters is 1. The van der Waals surface area contributed by atoms with Gasteiger partial charge in [-0.3, -0.25) is 0 Å². The molecule has 3 heteroatoms. The molecule has 1 unspecified atom stereocenters. The number of fused-ring (bicyclic) bond motifs is 1. The van der Waals surface area contributed by atoms with Crippen molar-refractivity contribution in [3.8, 4) is 0 Å². The second-order valence-electron chi connectivity index (χ2n) is 6.33. The molecule has 0 bridgehead atoms. The van der Waals surface area contributed by atoms with Crippen LogP contribution in [0.25, 0.3) is 10.9 Å². The van der Waals surface area contributed by atoms with E-state index in [0.717, 1.165) is 18.5 Å². The third-order valence-corrected chi connectivity index (χ3v) is 4.67. The lowest BCUT2D eigenvalue weighted by Gasteiger charge is -2.13. The Morgan fingerprint density at radius 1 is 1.17 bits per heavy atom. The van der Waals surface area contributed by atoms with Gasteiger partial charge in [-0.1, -0.05) is 43.3 Å². The first-order valence-electron chi connectivity index (χ1n) is 8.33. The molecule has 0 fully saturated rings. The monoisotopic (exact) mass is 321 g/mol. The van der Waals surface area contributed by atoms with E-state index in [-0.39, 0.29) is 5.97 Å². The van der Waals surface area contributed by atoms with Crippen molar-refractivity contribution in [2.75, 3.05) is 7.11 Å². The SMILES string of the molecule is COC(=O)c1ccc2c(C)cn(CCC(C)c3ccccc3)c2c1. The Labute approximate surface area is 142 Å². The molecule has 3 aromatic rings. The van der Waals surface area contributed by atoms with Crippen LogP contribution in [-0.2, 0) is 11.3 Å². The molecule has 1 heterocycles. The number of carbonyl (C=O) groups is 1. The summed E-state index contributed by atoms with van der Waals surface area (Å²) < 4.78 is 7.09. The lowest BCUT2D eigenvalue weighted by molar-refractivity contribution is 0.0601. The van der Waals surface area contributed by atoms with Crippen molar-refractivity contribution < 1.29 is 9.53 Å². The fourth-order valence-electron chi connectivity index (χ4n) is 3.19. The van der Waals surface area contributed by atoms with Crippen LogP contribution in [0, 0.1) is 6.92 Å². The Balaban J connectivity index is 1.85. The third-order valence-electron chi connectivity index (χ3n) is 4.67. The summed E-state index contributed by atoms with van der Waals surface area (Å²) in [6, 6.07) is 16.4. The Morgan fingerprint density at radius 2 is 1.92 bits per heavy atom. The summed E-state index contributed by atoms with van der Waals surface area (Å²) in [5.74, 6) is 0.202. The predicted octanol–water partition coefficient (Wildman–Crippen LogP) is 4.93. The van der Waals surface area contributed by atoms with Crippen LogP contribution in [0.2, 0.25) is 0 Å². The number of rotatable bonds is 5. The van der Waals surface area contributed by atoms with Gasteiger partial charge in [0.25, 0.3) is 0 Å². The largest absolute Gasteiger partial charge is 0.465 e. The van der Waals surface area contributed by atoms with E-state index in [0.29, 0.717) is 11.5 Å². The van der Waals surface area contributed by atoms with Crippen LogP contribution in [-0.4, -0.2) is 17.6 Å². The smallest absolute Gasteiger partial charge is 0.337 e. The molecule has 0 saturated heterocycles. The number of carbonyl (C=O) groups excluding carboxylic acids is 1. The maximum Gasteiger partial charge on any atom is 0.337 e. The lowest BCUT2D eigenvalue weighted by Crippen LogP contribution is -2.04. The predicted molar refractivity (Wildman–Crippen MR) is 97.5 cm³/mol. The molecule has 0 radical (unpaired) electrons. The van der Waals surface area contributed by atoms with Crippen LogP contribution in [0.3, 0.4) is 0 Å². The molecule has 24 heavy (non-hydrogen) atoms. The number of aromatic nitrogens is 1. The normalized spacial score (nSPS) is 12.3. The van der Waals surface area contributed by atoms with Crippen LogP contribution < -0.4 is 0 Å². The zero-order valence-electron chi connectivity index (χ0n) is 14.5. The van der Waals surface area contributed by atoms with Gasteiger partial charge in [-0.25, -0.2) is 4.79 Å². The average Bonchev–Trinajstić information content (AvgIpc) is 2.95. The van der Waals surface area contributed by atoms with Gasteiger partial charge in [0.15, 0.2) is 0 Å². The van der Waals surface area contributed by atoms with Gasteiger partial charge >= 0.3 is 5.97 Å². The van der Waals surface area contributed by atoms with Crippen molar-refractivity contribution in [2.24, 2.45) is 0 Å². The summed E-state index contributed by atoms with van der Waals surface area (Å²) >= 11 is 0. The molecular weight excluding hydrogens is 298 g/mol. The molecule has 0 saturated carbocycles. The first kappa shape index (κ1) is 16.3. The van der Waals surface area contributed by atoms with E-state index < -0.39 is 0 Å². The fraction of sp³-hybridized carbons (Fsp3) is 0.286. The number of aryl methyl sites for hydroxylation is 2. The number of ether oxygens (including phenoxy) is 1. The first-order valence-corrected chi connectivity index (χ1v) is 8.33. The highest BCUT2D eigenvalue weighted by Gasteiger charge is 2.12. The molecule has 3 rings (SSSR count). The van der Waals surface area contributed by atoms with Gasteiger partial charge in [-0.2, -0.15) is 0 Å². The minimum absolute atomic E-state index is 0.292. The van der Waals surface area contributed by atoms with E-state index in [9.17, 15) is 4.79 Å². The van der Waals surface area contributed by atoms with Gasteiger partial charge in [0.05, 0.1) is 12.7 Å². The Hall–Kier alpha value is -2.55. The average molecular weight is 321 g/mol. The van der Waals surface area contributed by atoms with E-state index >= 15 is 0 Å². The summed E-state index contributed by atoms with van der Waals surface area (Å²) in [6.45, 7) is 5.29. The zero-order chi connectivity index (χ0) is 17.1. The Morgan fingerprint density at radius 3 is 2.62 bits per heavy atom. The quantitative estimate of drug-likeness (QED) is 0.624. The Bertz CT molecular complexity index is 849. The molecule has 1 atom stereocenters. The van der Waals surface area contributed by atoms with Gasteiger partial charge in [0, 0.05) is 23.6 Å². The summed E-state index contributed by atoms with van der Waals surface area (Å²) in [7, 11) is 1.42. The summed E-state index contributed by atoms with van der Waals surface area (Å²) in [4.78, 5) is 11.8. The summed E-state index contributed by atoms with van der Waals surface area (Å²) in [5.41, 5.74) is 4.28. The summed E-state index contributed by atoms with van der Waals surface area (Å²) in [5, 5.41) is 1.19. The fourth-order valence-corrected chi connectivity index (χ4v) is 3.19. The van der Waals surface area contributed by atoms with Gasteiger partial charge in [-0.05, 0) is 42.5 Å². The number of benzene rings is 2. The molecule has 0 aliphatic heterocycles. The molecule has 124 valence electrons. The van der Waals surface area contributed by atoms with E-state index in [1.165, 1.54) is 23.6 Å². The van der Waals surface area contributed by atoms with Gasteiger partial charge in [-0.15, -0.1) is 0 Å². The van der Waals surface area contributed by atoms with Crippen LogP contribution in [0.5, 0.6) is 0 Å². The number of hydrogen-bond acceptors (Lipinski definition) is 2. The molecule has 2 aromatic carbocycles. The van der Waals surface area contributed by atoms with Crippen molar-refractivity contribution in [1.29, 1.82) is 0 Å². The molecular formula is C21H23NO2. The maximum absolute atomic E-state index is 11.8. The standard InChI is InChI=1S/C21H23NO2/c1-15(17-7-5-4-6-8-17)11-12-22-14-16(2)19-10-9-18(13-20(19)22)21(23)24-3/h4-10,13-15H,11-12H2,1-3H3. The highest BCUT2D eigenvalue weighted by molar-refractivity contribution is 5.95. The molecule has 0 spiro atoms. The molecule has 0 amide bonds. The maximum atomic E-state index is 11.8. The van der Waals surface area contributed by atoms with E-state index in [4.69, 9.17) is 4.74 Å². The van der Waals surface area contributed by atoms with Crippen molar-refractivity contribution in [1.82, 2.24) is 4.57 Å². The molecule has 0 aliphatic rings. The molecule has 1 aromatic heterocycles. The van der Waals surface area contributed by atoms with Crippen molar-refractivity contribution in [3.63, 3.8) is 0 Å². The molecule has 0 aliphatic carbocycles. The molecule has 0 N–H and O–H groups in total. The number of methoxy groups -OCH3 is 1. The second-order valence-corrected chi connectivity index (χ2v) is 6.33. The van der Waals surface area contributed by atoms with Gasteiger partial charge < -0.3 is 9.30 Å². The van der Waals surface area contributed by atoms with Crippen LogP contribution in [0.1, 0.15) is 40.7 Å². The van der Waals surface area contributed by atoms with E-state index in [1.54, 1.807) is 0 Å². The number of nitrogens with zero attached hydrogens (tertiary/aromatic N) is 1. The lowest BCUT2D eigenvalue weighted by atomic mass is 9.98. The van der Waals surface area contributed by atoms with Crippen molar-refractivity contribution >= 4 is 16.9 Å². The van der Waals surface area contributed by atoms with Crippen molar-refractivity contribution in [2.45, 2.75) is 32.7 Å². The second kappa shape index (κ2) is 6.91. The van der Waals surface area contributed by atoms with E-state index in [1.807, 2.05) is 24.3 Å². The highest BCUT2D eigenvalue weighted by atomic mass is 16.5. The zero-order valence-corrected chi connectivity index (χ0v) is 14.5. The first-order chi connectivity index (χ1) is 11.6. The van der Waals surface area contributed by atoms with Gasteiger partial charge in [0.2, 0.25) is 0 Å². The van der Waals surface area contributed by atoms with Gasteiger partial charge in [0.1, 0.15) is 0 Å². The summed E-state index contributed by atoms with van der Waals surface area (Å²) in [6.07, 6.45) is 3.22. The van der Waals surface area contributed by atoms with Crippen molar-refractivity contribution in [3.05, 3.63) is 71.4 Å². The highest BCUT2D eigenvalue weighted by Crippen LogP contribution is 2.25. The van der Waals surface area contributed by atoms with Crippen LogP contribution in [0.15, 0.2) is 54.7 Å². The minimum Gasteiger partial charge on any atom is -0.465 e. The third kappa shape index (κ3) is 3.21. The minimum atomic E-state index is -0.292. The van der Waals surface area contributed by atoms with Crippen LogP contribution >= 0.6 is 0 Å². The van der Waals surface area contributed by atoms with Crippen LogP contribution in [0.4, 0.5) is 0 Å². The van der Waals surface area contributed by atoms with E-state index in [2.05, 4.69) is 48.9 Å².